The third-order valence-electron chi connectivity index (χ3n) is 5.19. The molecule has 0 aliphatic carbocycles. The van der Waals surface area contributed by atoms with Gasteiger partial charge in [0.1, 0.15) is 11.9 Å². The predicted molar refractivity (Wildman–Crippen MR) is 107 cm³/mol. The fraction of sp³-hybridized carbons (Fsp3) is 0.273. The zero-order valence-electron chi connectivity index (χ0n) is 16.8. The monoisotopic (exact) mass is 412 g/mol. The van der Waals surface area contributed by atoms with Gasteiger partial charge in [-0.3, -0.25) is 14.4 Å². The summed E-state index contributed by atoms with van der Waals surface area (Å²) in [6.07, 6.45) is 0.643. The van der Waals surface area contributed by atoms with Crippen molar-refractivity contribution in [3.05, 3.63) is 65.0 Å². The van der Waals surface area contributed by atoms with Gasteiger partial charge in [-0.1, -0.05) is 20.3 Å². The van der Waals surface area contributed by atoms with Gasteiger partial charge >= 0.3 is 5.97 Å². The van der Waals surface area contributed by atoms with Crippen molar-refractivity contribution in [3.63, 3.8) is 0 Å². The molecule has 0 unspecified atom stereocenters. The smallest absolute Gasteiger partial charge is 0.328 e. The highest BCUT2D eigenvalue weighted by atomic mass is 19.1. The average Bonchev–Trinajstić information content (AvgIpc) is 3.01. The minimum Gasteiger partial charge on any atom is -0.467 e. The number of nitrogens with zero attached hydrogens (tertiary/aromatic N) is 1. The van der Waals surface area contributed by atoms with E-state index in [0.717, 1.165) is 17.0 Å². The first kappa shape index (κ1) is 21.2. The Hall–Kier alpha value is -3.55. The molecule has 1 heterocycles. The summed E-state index contributed by atoms with van der Waals surface area (Å²) in [5.74, 6) is -2.94. The summed E-state index contributed by atoms with van der Waals surface area (Å²) < 4.78 is 17.9. The van der Waals surface area contributed by atoms with Gasteiger partial charge in [0.2, 0.25) is 0 Å². The van der Waals surface area contributed by atoms with Crippen LogP contribution in [0.5, 0.6) is 0 Å². The molecule has 0 fully saturated rings. The number of carbonyl (C=O) groups is 4. The van der Waals surface area contributed by atoms with Crippen molar-refractivity contribution >= 4 is 29.4 Å². The molecular weight excluding hydrogens is 391 g/mol. The molecule has 0 spiro atoms. The van der Waals surface area contributed by atoms with E-state index in [1.165, 1.54) is 37.4 Å². The van der Waals surface area contributed by atoms with Crippen LogP contribution in [-0.2, 0) is 9.53 Å². The molecule has 3 amide bonds. The molecule has 2 aromatic carbocycles. The number of anilines is 1. The maximum atomic E-state index is 13.2. The molecule has 0 bridgehead atoms. The van der Waals surface area contributed by atoms with Crippen LogP contribution in [0.3, 0.4) is 0 Å². The molecule has 0 saturated heterocycles. The molecule has 2 atom stereocenters. The molecule has 2 aromatic rings. The Morgan fingerprint density at radius 3 is 2.30 bits per heavy atom. The summed E-state index contributed by atoms with van der Waals surface area (Å²) in [5.41, 5.74) is 0.576. The maximum Gasteiger partial charge on any atom is 0.328 e. The Bertz CT molecular complexity index is 1020. The Morgan fingerprint density at radius 1 is 1.07 bits per heavy atom. The standard InChI is InChI=1S/C22H21FN2O5/c1-4-12(2)18(22(29)30-3)24-19(26)13-5-10-16-17(11-13)21(28)25(20(16)27)15-8-6-14(23)7-9-15/h5-12,18H,4H2,1-3H3,(H,24,26)/t12-,18-/m0/s1. The van der Waals surface area contributed by atoms with Crippen LogP contribution in [0.15, 0.2) is 42.5 Å². The number of fused-ring (bicyclic) bond motifs is 1. The van der Waals surface area contributed by atoms with Crippen molar-refractivity contribution in [1.29, 1.82) is 0 Å². The Balaban J connectivity index is 1.88. The van der Waals surface area contributed by atoms with Crippen LogP contribution >= 0.6 is 0 Å². The minimum absolute atomic E-state index is 0.0649. The highest BCUT2D eigenvalue weighted by molar-refractivity contribution is 6.34. The number of rotatable bonds is 6. The van der Waals surface area contributed by atoms with E-state index in [1.54, 1.807) is 0 Å². The van der Waals surface area contributed by atoms with Crippen LogP contribution < -0.4 is 10.2 Å². The van der Waals surface area contributed by atoms with Crippen molar-refractivity contribution in [2.45, 2.75) is 26.3 Å². The fourth-order valence-electron chi connectivity index (χ4n) is 3.23. The quantitative estimate of drug-likeness (QED) is 0.582. The zero-order chi connectivity index (χ0) is 22.0. The summed E-state index contributed by atoms with van der Waals surface area (Å²) in [4.78, 5) is 51.1. The lowest BCUT2D eigenvalue weighted by molar-refractivity contribution is -0.144. The van der Waals surface area contributed by atoms with Gasteiger partial charge in [-0.15, -0.1) is 0 Å². The molecule has 0 aromatic heterocycles. The highest BCUT2D eigenvalue weighted by Gasteiger charge is 2.37. The molecule has 1 aliphatic rings. The topological polar surface area (TPSA) is 92.8 Å². The van der Waals surface area contributed by atoms with Gasteiger partial charge in [-0.05, 0) is 48.4 Å². The van der Waals surface area contributed by atoms with E-state index in [-0.39, 0.29) is 28.3 Å². The number of carbonyl (C=O) groups excluding carboxylic acids is 4. The highest BCUT2D eigenvalue weighted by Crippen LogP contribution is 2.29. The molecule has 1 aliphatic heterocycles. The van der Waals surface area contributed by atoms with Gasteiger partial charge in [-0.25, -0.2) is 14.1 Å². The van der Waals surface area contributed by atoms with Gasteiger partial charge < -0.3 is 10.1 Å². The fourth-order valence-corrected chi connectivity index (χ4v) is 3.23. The lowest BCUT2D eigenvalue weighted by Crippen LogP contribution is -2.45. The number of amides is 3. The van der Waals surface area contributed by atoms with Crippen molar-refractivity contribution in [2.24, 2.45) is 5.92 Å². The number of esters is 1. The van der Waals surface area contributed by atoms with Gasteiger partial charge in [0.25, 0.3) is 17.7 Å². The summed E-state index contributed by atoms with van der Waals surface area (Å²) in [6, 6.07) is 8.26. The van der Waals surface area contributed by atoms with Crippen LogP contribution in [0.25, 0.3) is 0 Å². The van der Waals surface area contributed by atoms with Crippen LogP contribution in [0.4, 0.5) is 10.1 Å². The lowest BCUT2D eigenvalue weighted by Gasteiger charge is -2.21. The van der Waals surface area contributed by atoms with Crippen molar-refractivity contribution in [2.75, 3.05) is 12.0 Å². The first-order valence-electron chi connectivity index (χ1n) is 9.45. The second-order valence-corrected chi connectivity index (χ2v) is 7.04. The second kappa shape index (κ2) is 8.44. The number of imide groups is 1. The third-order valence-corrected chi connectivity index (χ3v) is 5.19. The molecule has 30 heavy (non-hydrogen) atoms. The molecule has 1 N–H and O–H groups in total. The second-order valence-electron chi connectivity index (χ2n) is 7.04. The van der Waals surface area contributed by atoms with E-state index < -0.39 is 35.5 Å². The number of hydrogen-bond donors (Lipinski definition) is 1. The van der Waals surface area contributed by atoms with E-state index in [0.29, 0.717) is 6.42 Å². The summed E-state index contributed by atoms with van der Waals surface area (Å²) >= 11 is 0. The molecule has 3 rings (SSSR count). The number of nitrogens with one attached hydrogen (secondary N) is 1. The molecular formula is C22H21FN2O5. The number of benzene rings is 2. The van der Waals surface area contributed by atoms with E-state index in [1.807, 2.05) is 13.8 Å². The van der Waals surface area contributed by atoms with E-state index in [9.17, 15) is 23.6 Å². The van der Waals surface area contributed by atoms with Gasteiger partial charge in [0, 0.05) is 5.56 Å². The van der Waals surface area contributed by atoms with Gasteiger partial charge in [-0.2, -0.15) is 0 Å². The predicted octanol–water partition coefficient (Wildman–Crippen LogP) is 2.94. The van der Waals surface area contributed by atoms with Gasteiger partial charge in [0.05, 0.1) is 23.9 Å². The first-order chi connectivity index (χ1) is 14.3. The maximum absolute atomic E-state index is 13.2. The third kappa shape index (κ3) is 3.80. The number of methoxy groups -OCH3 is 1. The number of halogens is 1. The lowest BCUT2D eigenvalue weighted by atomic mass is 9.98. The summed E-state index contributed by atoms with van der Waals surface area (Å²) in [5, 5.41) is 2.64. The Kier molecular flexibility index (Phi) is 5.96. The number of ether oxygens (including phenoxy) is 1. The molecule has 156 valence electrons. The Labute approximate surface area is 172 Å². The number of hydrogen-bond acceptors (Lipinski definition) is 5. The summed E-state index contributed by atoms with van der Waals surface area (Å²) in [7, 11) is 1.24. The Morgan fingerprint density at radius 2 is 1.70 bits per heavy atom. The van der Waals surface area contributed by atoms with Gasteiger partial charge in [0.15, 0.2) is 0 Å². The molecule has 0 radical (unpaired) electrons. The summed E-state index contributed by atoms with van der Waals surface area (Å²) in [6.45, 7) is 3.70. The average molecular weight is 412 g/mol. The van der Waals surface area contributed by atoms with Crippen molar-refractivity contribution in [3.8, 4) is 0 Å². The normalized spacial score (nSPS) is 14.9. The van der Waals surface area contributed by atoms with E-state index >= 15 is 0 Å². The van der Waals surface area contributed by atoms with Crippen LogP contribution in [0, 0.1) is 11.7 Å². The van der Waals surface area contributed by atoms with Crippen LogP contribution in [0.2, 0.25) is 0 Å². The van der Waals surface area contributed by atoms with Crippen molar-refractivity contribution < 1.29 is 28.3 Å². The zero-order valence-corrected chi connectivity index (χ0v) is 16.8. The first-order valence-corrected chi connectivity index (χ1v) is 9.45. The SMILES string of the molecule is CC[C@H](C)[C@H](NC(=O)c1ccc2c(c1)C(=O)N(c1ccc(F)cc1)C2=O)C(=O)OC. The van der Waals surface area contributed by atoms with E-state index in [2.05, 4.69) is 5.32 Å². The van der Waals surface area contributed by atoms with Crippen LogP contribution in [-0.4, -0.2) is 36.8 Å². The van der Waals surface area contributed by atoms with E-state index in [4.69, 9.17) is 4.74 Å². The molecule has 0 saturated carbocycles. The minimum atomic E-state index is -0.839. The molecule has 7 nitrogen and oxygen atoms in total. The van der Waals surface area contributed by atoms with Crippen molar-refractivity contribution in [1.82, 2.24) is 5.32 Å². The molecule has 8 heteroatoms. The largest absolute Gasteiger partial charge is 0.467 e. The van der Waals surface area contributed by atoms with Crippen LogP contribution in [0.1, 0.15) is 51.3 Å².